The molecule has 0 aromatic heterocycles. The van der Waals surface area contributed by atoms with Crippen molar-refractivity contribution in [2.45, 2.75) is 0 Å². The number of nitrogens with two attached hydrogens (primary N) is 1. The van der Waals surface area contributed by atoms with Gasteiger partial charge in [-0.25, -0.2) is 0 Å². The maximum absolute atomic E-state index is 10.3. The van der Waals surface area contributed by atoms with Crippen LogP contribution in [-0.2, 0) is 10.1 Å². The van der Waals surface area contributed by atoms with Crippen LogP contribution in [0.5, 0.6) is 0 Å². The summed E-state index contributed by atoms with van der Waals surface area (Å²) in [5.41, 5.74) is 5.23. The molecule has 78 valence electrons. The molecule has 14 heavy (non-hydrogen) atoms. The molecular weight excluding hydrogens is 202 g/mol. The van der Waals surface area contributed by atoms with Crippen LogP contribution in [0.1, 0.15) is 5.56 Å². The Hall–Kier alpha value is -1.17. The lowest BCUT2D eigenvalue weighted by Gasteiger charge is -1.89. The average Bonchev–Trinajstić information content (AvgIpc) is 2.19. The van der Waals surface area contributed by atoms with Crippen molar-refractivity contribution in [2.24, 2.45) is 5.73 Å². The first-order valence-corrected chi connectivity index (χ1v) is 5.36. The van der Waals surface area contributed by atoms with E-state index in [1.807, 2.05) is 6.07 Å². The van der Waals surface area contributed by atoms with Gasteiger partial charge in [-0.15, -0.1) is 0 Å². The average molecular weight is 215 g/mol. The van der Waals surface area contributed by atoms with Crippen molar-refractivity contribution in [1.82, 2.24) is 0 Å². The Balaban J connectivity index is 0.000000791. The Morgan fingerprint density at radius 2 is 1.71 bits per heavy atom. The lowest BCUT2D eigenvalue weighted by Crippen LogP contribution is -1.88. The molecule has 0 bridgehead atoms. The quantitative estimate of drug-likeness (QED) is 0.724. The minimum atomic E-state index is -4.00. The molecule has 3 N–H and O–H groups in total. The topological polar surface area (TPSA) is 80.4 Å². The third-order valence-electron chi connectivity index (χ3n) is 1.23. The van der Waals surface area contributed by atoms with Crippen LogP contribution in [0.15, 0.2) is 35.7 Å². The highest BCUT2D eigenvalue weighted by atomic mass is 32.2. The monoisotopic (exact) mass is 215 g/mol. The van der Waals surface area contributed by atoms with Gasteiger partial charge in [0.15, 0.2) is 0 Å². The molecule has 0 atom stereocenters. The minimum absolute atomic E-state index is 0.732. The summed E-state index contributed by atoms with van der Waals surface area (Å²) in [5.74, 6) is 0. The summed E-state index contributed by atoms with van der Waals surface area (Å²) in [4.78, 5) is 0. The SMILES string of the molecule is CN.O=S(=O)(O)C=Cc1ccccc1. The molecule has 0 aliphatic carbocycles. The summed E-state index contributed by atoms with van der Waals surface area (Å²) in [6.07, 6.45) is 1.33. The maximum atomic E-state index is 10.3. The summed E-state index contributed by atoms with van der Waals surface area (Å²) < 4.78 is 28.9. The molecule has 0 saturated heterocycles. The van der Waals surface area contributed by atoms with Gasteiger partial charge >= 0.3 is 0 Å². The summed E-state index contributed by atoms with van der Waals surface area (Å²) in [7, 11) is -2.50. The molecule has 0 heterocycles. The van der Waals surface area contributed by atoms with Crippen molar-refractivity contribution in [3.05, 3.63) is 41.3 Å². The fourth-order valence-electron chi connectivity index (χ4n) is 0.729. The van der Waals surface area contributed by atoms with Crippen LogP contribution < -0.4 is 5.73 Å². The minimum Gasteiger partial charge on any atom is -0.333 e. The van der Waals surface area contributed by atoms with Crippen LogP contribution in [0.3, 0.4) is 0 Å². The van der Waals surface area contributed by atoms with Gasteiger partial charge in [-0.2, -0.15) is 8.42 Å². The van der Waals surface area contributed by atoms with Crippen molar-refractivity contribution in [3.8, 4) is 0 Å². The van der Waals surface area contributed by atoms with Gasteiger partial charge in [0, 0.05) is 0 Å². The summed E-state index contributed by atoms with van der Waals surface area (Å²) in [5, 5.41) is 0.752. The second-order valence-electron chi connectivity index (χ2n) is 2.23. The van der Waals surface area contributed by atoms with Crippen LogP contribution in [-0.4, -0.2) is 20.0 Å². The highest BCUT2D eigenvalue weighted by molar-refractivity contribution is 7.88. The lowest BCUT2D eigenvalue weighted by atomic mass is 10.2. The van der Waals surface area contributed by atoms with Crippen molar-refractivity contribution in [2.75, 3.05) is 7.05 Å². The van der Waals surface area contributed by atoms with E-state index in [-0.39, 0.29) is 0 Å². The van der Waals surface area contributed by atoms with E-state index in [0.29, 0.717) is 0 Å². The summed E-state index contributed by atoms with van der Waals surface area (Å²) >= 11 is 0. The Morgan fingerprint density at radius 1 is 1.21 bits per heavy atom. The molecule has 0 aliphatic heterocycles. The van der Waals surface area contributed by atoms with E-state index in [2.05, 4.69) is 5.73 Å². The molecule has 1 rings (SSSR count). The lowest BCUT2D eigenvalue weighted by molar-refractivity contribution is 0.494. The molecule has 1 aromatic carbocycles. The van der Waals surface area contributed by atoms with Crippen LogP contribution in [0.25, 0.3) is 6.08 Å². The second-order valence-corrected chi connectivity index (χ2v) is 3.53. The zero-order valence-electron chi connectivity index (χ0n) is 7.79. The molecule has 0 fully saturated rings. The second kappa shape index (κ2) is 6.31. The van der Waals surface area contributed by atoms with E-state index in [1.165, 1.54) is 13.1 Å². The van der Waals surface area contributed by atoms with Crippen molar-refractivity contribution < 1.29 is 13.0 Å². The molecule has 4 nitrogen and oxygen atoms in total. The maximum Gasteiger partial charge on any atom is 0.287 e. The van der Waals surface area contributed by atoms with E-state index in [4.69, 9.17) is 4.55 Å². The Kier molecular flexibility index (Phi) is 5.78. The van der Waals surface area contributed by atoms with Crippen molar-refractivity contribution in [3.63, 3.8) is 0 Å². The molecule has 0 spiro atoms. The number of hydrogen-bond donors (Lipinski definition) is 2. The Labute approximate surface area is 83.8 Å². The van der Waals surface area contributed by atoms with E-state index < -0.39 is 10.1 Å². The Morgan fingerprint density at radius 3 is 2.14 bits per heavy atom. The molecule has 0 radical (unpaired) electrons. The molecule has 0 amide bonds. The standard InChI is InChI=1S/C8H8O3S.CH5N/c9-12(10,11)7-6-8-4-2-1-3-5-8;1-2/h1-7H,(H,9,10,11);2H2,1H3. The predicted octanol–water partition coefficient (Wildman–Crippen LogP) is 1.12. The molecule has 5 heteroatoms. The zero-order valence-corrected chi connectivity index (χ0v) is 8.61. The fourth-order valence-corrected chi connectivity index (χ4v) is 1.06. The first-order chi connectivity index (χ1) is 6.58. The van der Waals surface area contributed by atoms with Gasteiger partial charge in [-0.05, 0) is 18.7 Å². The predicted molar refractivity (Wildman–Crippen MR) is 57.1 cm³/mol. The summed E-state index contributed by atoms with van der Waals surface area (Å²) in [6.45, 7) is 0. The first kappa shape index (κ1) is 12.8. The molecule has 0 unspecified atom stereocenters. The van der Waals surface area contributed by atoms with Gasteiger partial charge in [-0.3, -0.25) is 4.55 Å². The summed E-state index contributed by atoms with van der Waals surface area (Å²) in [6, 6.07) is 8.86. The number of benzene rings is 1. The van der Waals surface area contributed by atoms with Gasteiger partial charge in [-0.1, -0.05) is 30.3 Å². The van der Waals surface area contributed by atoms with Gasteiger partial charge < -0.3 is 5.73 Å². The van der Waals surface area contributed by atoms with Gasteiger partial charge in [0.25, 0.3) is 10.1 Å². The molecule has 1 aromatic rings. The van der Waals surface area contributed by atoms with Crippen LogP contribution >= 0.6 is 0 Å². The normalized spacial score (nSPS) is 10.8. The number of rotatable bonds is 2. The molecular formula is C9H13NO3S. The first-order valence-electron chi connectivity index (χ1n) is 3.86. The van der Waals surface area contributed by atoms with Crippen LogP contribution in [0.2, 0.25) is 0 Å². The van der Waals surface area contributed by atoms with Crippen LogP contribution in [0.4, 0.5) is 0 Å². The van der Waals surface area contributed by atoms with Gasteiger partial charge in [0.05, 0.1) is 5.41 Å². The zero-order chi connectivity index (χ0) is 11.0. The van der Waals surface area contributed by atoms with Crippen molar-refractivity contribution in [1.29, 1.82) is 0 Å². The highest BCUT2D eigenvalue weighted by Gasteiger charge is 1.94. The van der Waals surface area contributed by atoms with Gasteiger partial charge in [0.2, 0.25) is 0 Å². The molecule has 0 saturated carbocycles. The smallest absolute Gasteiger partial charge is 0.287 e. The van der Waals surface area contributed by atoms with E-state index in [9.17, 15) is 8.42 Å². The van der Waals surface area contributed by atoms with E-state index in [1.54, 1.807) is 24.3 Å². The van der Waals surface area contributed by atoms with Crippen LogP contribution in [0, 0.1) is 0 Å². The third kappa shape index (κ3) is 6.36. The number of hydrogen-bond acceptors (Lipinski definition) is 3. The third-order valence-corrected chi connectivity index (χ3v) is 1.71. The largest absolute Gasteiger partial charge is 0.333 e. The van der Waals surface area contributed by atoms with Crippen molar-refractivity contribution >= 4 is 16.2 Å². The van der Waals surface area contributed by atoms with Gasteiger partial charge in [0.1, 0.15) is 0 Å². The highest BCUT2D eigenvalue weighted by Crippen LogP contribution is 2.01. The van der Waals surface area contributed by atoms with E-state index in [0.717, 1.165) is 11.0 Å². The van der Waals surface area contributed by atoms with E-state index >= 15 is 0 Å². The fraction of sp³-hybridized carbons (Fsp3) is 0.111. The molecule has 0 aliphatic rings. The Bertz CT molecular complexity index is 370.